The Morgan fingerprint density at radius 3 is 1.88 bits per heavy atom. The van der Waals surface area contributed by atoms with E-state index in [9.17, 15) is 0 Å². The Morgan fingerprint density at radius 1 is 0.729 bits per heavy atom. The molecule has 9 heteroatoms. The minimum atomic E-state index is -0.495. The van der Waals surface area contributed by atoms with Crippen LogP contribution < -0.4 is 4.74 Å². The summed E-state index contributed by atoms with van der Waals surface area (Å²) in [6.45, 7) is 14.1. The highest BCUT2D eigenvalue weighted by Gasteiger charge is 2.49. The first-order valence-corrected chi connectivity index (χ1v) is 20.0. The summed E-state index contributed by atoms with van der Waals surface area (Å²) in [6.07, 6.45) is 7.63. The second kappa shape index (κ2) is 23.6. The summed E-state index contributed by atoms with van der Waals surface area (Å²) in [5, 5.41) is 0.561. The lowest BCUT2D eigenvalue weighted by atomic mass is 9.89. The van der Waals surface area contributed by atoms with Crippen LogP contribution in [0.3, 0.4) is 0 Å². The van der Waals surface area contributed by atoms with E-state index in [0.29, 0.717) is 62.7 Å². The zero-order valence-corrected chi connectivity index (χ0v) is 33.0. The van der Waals surface area contributed by atoms with E-state index < -0.39 is 12.2 Å². The van der Waals surface area contributed by atoms with Crippen LogP contribution in [0.25, 0.3) is 0 Å². The fourth-order valence-electron chi connectivity index (χ4n) is 5.81. The van der Waals surface area contributed by atoms with Gasteiger partial charge in [0.1, 0.15) is 37.1 Å². The summed E-state index contributed by atoms with van der Waals surface area (Å²) < 4.78 is 40.4. The van der Waals surface area contributed by atoms with Crippen LogP contribution in [-0.4, -0.2) is 69.9 Å². The van der Waals surface area contributed by atoms with Crippen LogP contribution in [0.4, 0.5) is 0 Å². The van der Waals surface area contributed by atoms with E-state index >= 15 is 0 Å². The molecule has 3 rings (SSSR count). The Morgan fingerprint density at radius 2 is 1.29 bits per heavy atom. The third kappa shape index (κ3) is 12.4. The summed E-state index contributed by atoms with van der Waals surface area (Å²) in [5.74, 6) is 0.900. The van der Waals surface area contributed by atoms with E-state index in [1.54, 1.807) is 0 Å². The number of hydrogen-bond acceptors (Lipinski definition) is 6. The van der Waals surface area contributed by atoms with Gasteiger partial charge < -0.3 is 28.4 Å². The van der Waals surface area contributed by atoms with Gasteiger partial charge in [-0.05, 0) is 77.2 Å². The van der Waals surface area contributed by atoms with Crippen molar-refractivity contribution in [1.82, 2.24) is 0 Å². The van der Waals surface area contributed by atoms with Crippen molar-refractivity contribution in [2.45, 2.75) is 129 Å². The van der Waals surface area contributed by atoms with Crippen LogP contribution in [0.15, 0.2) is 34.8 Å². The molecule has 1 saturated heterocycles. The van der Waals surface area contributed by atoms with E-state index in [0.717, 1.165) is 73.4 Å². The number of ether oxygens (including phenoxy) is 6. The maximum atomic E-state index is 7.11. The Hall–Kier alpha value is -0.900. The average Bonchev–Trinajstić information content (AvgIpc) is 3.10. The van der Waals surface area contributed by atoms with Crippen LogP contribution >= 0.6 is 39.1 Å². The predicted molar refractivity (Wildman–Crippen MR) is 201 cm³/mol. The Kier molecular flexibility index (Phi) is 20.4. The molecule has 0 bridgehead atoms. The number of rotatable bonds is 24. The van der Waals surface area contributed by atoms with Gasteiger partial charge in [-0.15, -0.1) is 11.6 Å². The molecule has 0 saturated carbocycles. The summed E-state index contributed by atoms with van der Waals surface area (Å²) in [5.41, 5.74) is 4.31. The molecule has 1 aliphatic rings. The molecule has 1 unspecified atom stereocenters. The van der Waals surface area contributed by atoms with Gasteiger partial charge in [-0.1, -0.05) is 96.2 Å². The second-order valence-corrected chi connectivity index (χ2v) is 14.1. The molecule has 0 amide bonds. The van der Waals surface area contributed by atoms with Crippen molar-refractivity contribution in [3.8, 4) is 5.75 Å². The number of halogens is 3. The van der Waals surface area contributed by atoms with Crippen LogP contribution in [0, 0.1) is 0 Å². The van der Waals surface area contributed by atoms with Crippen LogP contribution in [0.5, 0.6) is 5.75 Å². The number of alkyl halides is 1. The highest BCUT2D eigenvalue weighted by atomic mass is 79.9. The Bertz CT molecular complexity index is 1170. The first kappa shape index (κ1) is 41.5. The molecule has 0 aromatic heterocycles. The zero-order valence-electron chi connectivity index (χ0n) is 29.9. The lowest BCUT2D eigenvalue weighted by Gasteiger charge is -2.47. The minimum Gasteiger partial charge on any atom is -0.490 e. The van der Waals surface area contributed by atoms with E-state index in [1.165, 1.54) is 11.1 Å². The third-order valence-corrected chi connectivity index (χ3v) is 10.1. The van der Waals surface area contributed by atoms with Gasteiger partial charge in [-0.3, -0.25) is 0 Å². The quantitative estimate of drug-likeness (QED) is 0.0782. The number of unbranched alkanes of at least 4 members (excludes halogenated alkanes) is 4. The summed E-state index contributed by atoms with van der Waals surface area (Å²) >= 11 is 17.1. The van der Waals surface area contributed by atoms with Gasteiger partial charge in [-0.25, -0.2) is 0 Å². The van der Waals surface area contributed by atoms with Gasteiger partial charge in [0, 0.05) is 32.0 Å². The van der Waals surface area contributed by atoms with Crippen LogP contribution in [-0.2, 0) is 36.5 Å². The van der Waals surface area contributed by atoms with Crippen molar-refractivity contribution in [2.24, 2.45) is 0 Å². The molecule has 272 valence electrons. The van der Waals surface area contributed by atoms with E-state index in [4.69, 9.17) is 51.6 Å². The van der Waals surface area contributed by atoms with Crippen molar-refractivity contribution >= 4 is 39.1 Å². The molecule has 1 fully saturated rings. The van der Waals surface area contributed by atoms with Gasteiger partial charge in [0.2, 0.25) is 0 Å². The Labute approximate surface area is 308 Å². The number of benzene rings is 2. The van der Waals surface area contributed by atoms with Crippen molar-refractivity contribution in [2.75, 3.05) is 45.5 Å². The first-order chi connectivity index (χ1) is 23.4. The normalized spacial score (nSPS) is 21.1. The monoisotopic (exact) mass is 772 g/mol. The molecule has 0 aliphatic carbocycles. The van der Waals surface area contributed by atoms with E-state index in [1.807, 2.05) is 0 Å². The molecule has 0 N–H and O–H groups in total. The molecule has 2 aromatic carbocycles. The average molecular weight is 775 g/mol. The second-order valence-electron chi connectivity index (χ2n) is 12.6. The fourth-order valence-corrected chi connectivity index (χ4v) is 6.93. The van der Waals surface area contributed by atoms with Gasteiger partial charge in [-0.2, -0.15) is 0 Å². The molecule has 1 heterocycles. The lowest BCUT2D eigenvalue weighted by molar-refractivity contribution is -0.268. The molecule has 5 atom stereocenters. The molecule has 48 heavy (non-hydrogen) atoms. The predicted octanol–water partition coefficient (Wildman–Crippen LogP) is 10.7. The van der Waals surface area contributed by atoms with Crippen molar-refractivity contribution < 1.29 is 28.4 Å². The van der Waals surface area contributed by atoms with Crippen molar-refractivity contribution in [3.05, 3.63) is 62.1 Å². The zero-order chi connectivity index (χ0) is 34.7. The molecule has 1 aliphatic heterocycles. The lowest BCUT2D eigenvalue weighted by Crippen LogP contribution is -2.58. The molecular weight excluding hydrogens is 715 g/mol. The maximum Gasteiger partial charge on any atom is 0.152 e. The summed E-state index contributed by atoms with van der Waals surface area (Å²) in [6, 6.07) is 10.8. The Balaban J connectivity index is 2.15. The fraction of sp³-hybridized carbons (Fsp3) is 0.692. The number of hydrogen-bond donors (Lipinski definition) is 0. The maximum absolute atomic E-state index is 7.11. The topological polar surface area (TPSA) is 55.4 Å². The van der Waals surface area contributed by atoms with Gasteiger partial charge in [0.15, 0.2) is 5.75 Å². The van der Waals surface area contributed by atoms with E-state index in [-0.39, 0.29) is 18.3 Å². The molecular formula is C39H59BrCl2O6. The molecule has 6 nitrogen and oxygen atoms in total. The largest absolute Gasteiger partial charge is 0.490 e. The van der Waals surface area contributed by atoms with Gasteiger partial charge >= 0.3 is 0 Å². The minimum absolute atomic E-state index is 0.319. The summed E-state index contributed by atoms with van der Waals surface area (Å²) in [4.78, 5) is 0. The highest BCUT2D eigenvalue weighted by Crippen LogP contribution is 2.47. The smallest absolute Gasteiger partial charge is 0.152 e. The third-order valence-electron chi connectivity index (χ3n) is 8.70. The van der Waals surface area contributed by atoms with Crippen LogP contribution in [0.2, 0.25) is 5.02 Å². The van der Waals surface area contributed by atoms with Crippen molar-refractivity contribution in [3.63, 3.8) is 0 Å². The molecule has 2 aromatic rings. The molecule has 0 radical (unpaired) electrons. The molecule has 0 spiro atoms. The van der Waals surface area contributed by atoms with Gasteiger partial charge in [0.25, 0.3) is 0 Å². The van der Waals surface area contributed by atoms with Gasteiger partial charge in [0.05, 0.1) is 22.0 Å². The highest BCUT2D eigenvalue weighted by molar-refractivity contribution is 9.10. The van der Waals surface area contributed by atoms with Crippen LogP contribution in [0.1, 0.15) is 114 Å². The SMILES string of the molecule is CCCCOC[C@H]1OC(c2cc(Cc3ccc(CC)cc3)c(Cl)c(OCCCl)c2Br)[C@H](OCCCC)[C@@H](OCCCC)[C@@H]1OCCCC. The number of aryl methyl sites for hydroxylation is 1. The van der Waals surface area contributed by atoms with Crippen molar-refractivity contribution in [1.29, 1.82) is 0 Å². The standard InChI is InChI=1S/C39H59BrCl2O6/c1-6-11-20-43-27-32-36(44-21-12-7-2)39(46-23-14-9-4)38(45-22-13-8-3)35(48-32)31-26-30(25-29-17-15-28(10-5)16-18-29)34(42)37(33(31)40)47-24-19-41/h15-18,26,32,35-36,38-39H,6-14,19-25,27H2,1-5H3/t32-,35?,36-,38+,39+/m1/s1. The van der Waals surface area contributed by atoms with E-state index in [2.05, 4.69) is 80.9 Å². The first-order valence-electron chi connectivity index (χ1n) is 18.3. The summed E-state index contributed by atoms with van der Waals surface area (Å²) in [7, 11) is 0.